The summed E-state index contributed by atoms with van der Waals surface area (Å²) in [5.74, 6) is -0.0329. The number of hydrogen-bond donors (Lipinski definition) is 3. The van der Waals surface area contributed by atoms with Crippen molar-refractivity contribution in [2.75, 3.05) is 5.73 Å². The topological polar surface area (TPSA) is 101 Å². The lowest BCUT2D eigenvalue weighted by molar-refractivity contribution is 0.0814. The molecule has 6 heteroatoms. The Labute approximate surface area is 106 Å². The first kappa shape index (κ1) is 12.8. The van der Waals surface area contributed by atoms with E-state index in [9.17, 15) is 9.90 Å². The third-order valence-corrected chi connectivity index (χ3v) is 3.20. The van der Waals surface area contributed by atoms with E-state index in [1.807, 2.05) is 0 Å². The zero-order valence-electron chi connectivity index (χ0n) is 10.2. The Balaban J connectivity index is 1.99. The minimum absolute atomic E-state index is 0.195. The minimum atomic E-state index is -0.474. The Morgan fingerprint density at radius 3 is 2.78 bits per heavy atom. The van der Waals surface area contributed by atoms with Crippen molar-refractivity contribution in [2.45, 2.75) is 44.2 Å². The van der Waals surface area contributed by atoms with Gasteiger partial charge in [-0.2, -0.15) is 0 Å². The number of amides is 1. The summed E-state index contributed by atoms with van der Waals surface area (Å²) in [6.07, 6.45) is 6.88. The van der Waals surface area contributed by atoms with Crippen molar-refractivity contribution in [3.8, 4) is 0 Å². The SMILES string of the molecule is Nc1cnc(C(=O)NC2CCCCCC2O)cn1. The number of nitrogen functional groups attached to an aromatic ring is 1. The maximum absolute atomic E-state index is 11.9. The van der Waals surface area contributed by atoms with Gasteiger partial charge in [0.15, 0.2) is 0 Å². The van der Waals surface area contributed by atoms with Crippen LogP contribution in [0.5, 0.6) is 0 Å². The van der Waals surface area contributed by atoms with Crippen LogP contribution in [0.15, 0.2) is 12.4 Å². The van der Waals surface area contributed by atoms with Crippen molar-refractivity contribution in [1.82, 2.24) is 15.3 Å². The van der Waals surface area contributed by atoms with Gasteiger partial charge in [0.25, 0.3) is 5.91 Å². The first-order valence-electron chi connectivity index (χ1n) is 6.23. The van der Waals surface area contributed by atoms with Crippen LogP contribution in [0.1, 0.15) is 42.6 Å². The number of nitrogens with two attached hydrogens (primary N) is 1. The van der Waals surface area contributed by atoms with Crippen molar-refractivity contribution in [1.29, 1.82) is 0 Å². The monoisotopic (exact) mass is 250 g/mol. The summed E-state index contributed by atoms with van der Waals surface area (Å²) in [6.45, 7) is 0. The summed E-state index contributed by atoms with van der Waals surface area (Å²) in [6, 6.07) is -0.195. The molecule has 0 aliphatic heterocycles. The molecule has 1 aliphatic carbocycles. The Hall–Kier alpha value is -1.69. The maximum Gasteiger partial charge on any atom is 0.271 e. The fraction of sp³-hybridized carbons (Fsp3) is 0.583. The van der Waals surface area contributed by atoms with Crippen LogP contribution in [0.25, 0.3) is 0 Å². The molecule has 1 aromatic rings. The average molecular weight is 250 g/mol. The van der Waals surface area contributed by atoms with Gasteiger partial charge in [-0.3, -0.25) is 4.79 Å². The lowest BCUT2D eigenvalue weighted by Gasteiger charge is -2.21. The fourth-order valence-electron chi connectivity index (χ4n) is 2.15. The van der Waals surface area contributed by atoms with Crippen LogP contribution in [0.4, 0.5) is 5.82 Å². The lowest BCUT2D eigenvalue weighted by Crippen LogP contribution is -2.43. The number of aliphatic hydroxyl groups excluding tert-OH is 1. The summed E-state index contributed by atoms with van der Waals surface area (Å²) >= 11 is 0. The molecule has 0 aromatic carbocycles. The van der Waals surface area contributed by atoms with Crippen molar-refractivity contribution in [3.63, 3.8) is 0 Å². The first-order chi connectivity index (χ1) is 8.66. The van der Waals surface area contributed by atoms with Crippen LogP contribution in [0.3, 0.4) is 0 Å². The van der Waals surface area contributed by atoms with E-state index in [-0.39, 0.29) is 23.5 Å². The molecule has 0 bridgehead atoms. The van der Waals surface area contributed by atoms with Gasteiger partial charge in [0.2, 0.25) is 0 Å². The molecule has 0 radical (unpaired) electrons. The van der Waals surface area contributed by atoms with E-state index in [0.29, 0.717) is 0 Å². The largest absolute Gasteiger partial charge is 0.391 e. The van der Waals surface area contributed by atoms with Gasteiger partial charge in [-0.1, -0.05) is 19.3 Å². The van der Waals surface area contributed by atoms with E-state index in [1.165, 1.54) is 12.4 Å². The van der Waals surface area contributed by atoms with E-state index in [2.05, 4.69) is 15.3 Å². The summed E-state index contributed by atoms with van der Waals surface area (Å²) < 4.78 is 0. The Bertz CT molecular complexity index is 407. The zero-order valence-corrected chi connectivity index (χ0v) is 10.2. The third-order valence-electron chi connectivity index (χ3n) is 3.20. The molecule has 1 aromatic heterocycles. The highest BCUT2D eigenvalue weighted by Crippen LogP contribution is 2.18. The molecule has 98 valence electrons. The molecule has 2 atom stereocenters. The zero-order chi connectivity index (χ0) is 13.0. The molecule has 0 saturated heterocycles. The van der Waals surface area contributed by atoms with Crippen LogP contribution in [0.2, 0.25) is 0 Å². The second-order valence-electron chi connectivity index (χ2n) is 4.61. The molecule has 1 amide bonds. The number of hydrogen-bond acceptors (Lipinski definition) is 5. The second-order valence-corrected chi connectivity index (χ2v) is 4.61. The van der Waals surface area contributed by atoms with Crippen LogP contribution in [-0.4, -0.2) is 33.1 Å². The number of aliphatic hydroxyl groups is 1. The number of anilines is 1. The third kappa shape index (κ3) is 3.16. The molecule has 18 heavy (non-hydrogen) atoms. The van der Waals surface area contributed by atoms with Crippen molar-refractivity contribution in [2.24, 2.45) is 0 Å². The normalized spacial score (nSPS) is 24.3. The highest BCUT2D eigenvalue weighted by Gasteiger charge is 2.23. The maximum atomic E-state index is 11.9. The predicted octanol–water partition coefficient (Wildman–Crippen LogP) is 0.482. The highest BCUT2D eigenvalue weighted by atomic mass is 16.3. The first-order valence-corrected chi connectivity index (χ1v) is 6.23. The molecule has 4 N–H and O–H groups in total. The van der Waals surface area contributed by atoms with Crippen molar-refractivity contribution < 1.29 is 9.90 Å². The number of nitrogens with one attached hydrogen (secondary N) is 1. The van der Waals surface area contributed by atoms with E-state index in [0.717, 1.165) is 32.1 Å². The molecule has 1 fully saturated rings. The van der Waals surface area contributed by atoms with E-state index < -0.39 is 6.10 Å². The molecule has 2 rings (SSSR count). The molecule has 1 aliphatic rings. The van der Waals surface area contributed by atoms with Gasteiger partial charge in [-0.05, 0) is 12.8 Å². The molecular formula is C12H18N4O2. The van der Waals surface area contributed by atoms with Gasteiger partial charge < -0.3 is 16.2 Å². The van der Waals surface area contributed by atoms with Crippen molar-refractivity contribution in [3.05, 3.63) is 18.1 Å². The number of carbonyl (C=O) groups is 1. The number of rotatable bonds is 2. The van der Waals surface area contributed by atoms with Gasteiger partial charge in [0, 0.05) is 0 Å². The van der Waals surface area contributed by atoms with Gasteiger partial charge in [0.1, 0.15) is 11.5 Å². The van der Waals surface area contributed by atoms with Crippen LogP contribution >= 0.6 is 0 Å². The summed E-state index contributed by atoms with van der Waals surface area (Å²) in [7, 11) is 0. The van der Waals surface area contributed by atoms with Gasteiger partial charge in [-0.25, -0.2) is 9.97 Å². The Kier molecular flexibility index (Phi) is 4.09. The van der Waals surface area contributed by atoms with Crippen LogP contribution < -0.4 is 11.1 Å². The number of nitrogens with zero attached hydrogens (tertiary/aromatic N) is 2. The molecular weight excluding hydrogens is 232 g/mol. The molecule has 1 heterocycles. The summed E-state index contributed by atoms with van der Waals surface area (Å²) in [4.78, 5) is 19.7. The van der Waals surface area contributed by atoms with E-state index >= 15 is 0 Å². The van der Waals surface area contributed by atoms with Gasteiger partial charge in [-0.15, -0.1) is 0 Å². The molecule has 0 spiro atoms. The summed E-state index contributed by atoms with van der Waals surface area (Å²) in [5, 5.41) is 12.7. The average Bonchev–Trinajstić information content (AvgIpc) is 2.56. The molecule has 2 unspecified atom stereocenters. The standard InChI is InChI=1S/C12H18N4O2/c13-11-7-14-9(6-15-11)12(18)16-8-4-2-1-3-5-10(8)17/h6-8,10,17H,1-5H2,(H2,13,15)(H,16,18). The van der Waals surface area contributed by atoms with Gasteiger partial charge >= 0.3 is 0 Å². The number of aromatic nitrogens is 2. The quantitative estimate of drug-likeness (QED) is 0.663. The predicted molar refractivity (Wildman–Crippen MR) is 66.8 cm³/mol. The van der Waals surface area contributed by atoms with Crippen LogP contribution in [0, 0.1) is 0 Å². The summed E-state index contributed by atoms with van der Waals surface area (Å²) in [5.41, 5.74) is 5.63. The Morgan fingerprint density at radius 1 is 1.28 bits per heavy atom. The number of carbonyl (C=O) groups excluding carboxylic acids is 1. The highest BCUT2D eigenvalue weighted by molar-refractivity contribution is 5.92. The van der Waals surface area contributed by atoms with Crippen molar-refractivity contribution >= 4 is 11.7 Å². The van der Waals surface area contributed by atoms with E-state index in [1.54, 1.807) is 0 Å². The molecule has 1 saturated carbocycles. The minimum Gasteiger partial charge on any atom is -0.391 e. The smallest absolute Gasteiger partial charge is 0.271 e. The second kappa shape index (κ2) is 5.77. The van der Waals surface area contributed by atoms with Crippen LogP contribution in [-0.2, 0) is 0 Å². The van der Waals surface area contributed by atoms with E-state index in [4.69, 9.17) is 5.73 Å². The lowest BCUT2D eigenvalue weighted by atomic mass is 10.1. The Morgan fingerprint density at radius 2 is 2.06 bits per heavy atom. The van der Waals surface area contributed by atoms with Gasteiger partial charge in [0.05, 0.1) is 24.5 Å². The fourth-order valence-corrected chi connectivity index (χ4v) is 2.15. The molecule has 6 nitrogen and oxygen atoms in total.